The number of hydrogen-bond acceptors (Lipinski definition) is 3. The Bertz CT molecular complexity index is 1220. The highest BCUT2D eigenvalue weighted by Gasteiger charge is 2.43. The molecule has 1 atom stereocenters. The predicted molar refractivity (Wildman–Crippen MR) is 116 cm³/mol. The highest BCUT2D eigenvalue weighted by atomic mass is 16.5. The predicted octanol–water partition coefficient (Wildman–Crippen LogP) is 4.01. The number of Topliss-reactive ketones (excluding diaryl/α,β-unsaturated/α-hetero) is 1. The molecule has 2 N–H and O–H groups in total. The Kier molecular flexibility index (Phi) is 4.23. The van der Waals surface area contributed by atoms with Crippen molar-refractivity contribution in [2.24, 2.45) is 5.41 Å². The first kappa shape index (κ1) is 18.9. The molecule has 1 aliphatic heterocycles. The number of carbonyl (C=O) groups excluding carboxylic acids is 1. The molecule has 0 radical (unpaired) electrons. The van der Waals surface area contributed by atoms with Crippen LogP contribution in [0.1, 0.15) is 43.9 Å². The van der Waals surface area contributed by atoms with Crippen LogP contribution in [0.3, 0.4) is 0 Å². The maximum Gasteiger partial charge on any atom is 0.166 e. The van der Waals surface area contributed by atoms with Crippen molar-refractivity contribution in [3.05, 3.63) is 71.3 Å². The van der Waals surface area contributed by atoms with Gasteiger partial charge in [0.2, 0.25) is 0 Å². The average molecular weight is 399 g/mol. The van der Waals surface area contributed by atoms with Crippen molar-refractivity contribution in [2.75, 3.05) is 7.11 Å². The van der Waals surface area contributed by atoms with E-state index in [1.165, 1.54) is 29.5 Å². The quantitative estimate of drug-likeness (QED) is 0.662. The van der Waals surface area contributed by atoms with E-state index in [0.717, 1.165) is 28.8 Å². The molecule has 3 aromatic rings. The van der Waals surface area contributed by atoms with Crippen LogP contribution in [0, 0.1) is 5.41 Å². The van der Waals surface area contributed by atoms with Crippen molar-refractivity contribution in [1.82, 2.24) is 0 Å². The van der Waals surface area contributed by atoms with Gasteiger partial charge >= 0.3 is 0 Å². The van der Waals surface area contributed by atoms with E-state index >= 15 is 0 Å². The highest BCUT2D eigenvalue weighted by molar-refractivity contribution is 6.10. The van der Waals surface area contributed by atoms with Gasteiger partial charge in [0.1, 0.15) is 17.5 Å². The minimum absolute atomic E-state index is 0.0808. The smallest absolute Gasteiger partial charge is 0.166 e. The third-order valence-corrected chi connectivity index (χ3v) is 6.39. The van der Waals surface area contributed by atoms with E-state index in [1.54, 1.807) is 6.07 Å². The normalized spacial score (nSPS) is 20.1. The van der Waals surface area contributed by atoms with Gasteiger partial charge in [0.05, 0.1) is 12.7 Å². The lowest BCUT2D eigenvalue weighted by Gasteiger charge is -2.38. The van der Waals surface area contributed by atoms with Gasteiger partial charge in [-0.05, 0) is 40.3 Å². The summed E-state index contributed by atoms with van der Waals surface area (Å²) in [5.74, 6) is 0.371. The summed E-state index contributed by atoms with van der Waals surface area (Å²) in [5.41, 5.74) is 5.20. The van der Waals surface area contributed by atoms with Crippen molar-refractivity contribution in [1.29, 1.82) is 0 Å². The maximum absolute atomic E-state index is 13.4. The standard InChI is InChI=1S/C26H25NO3/c1-26(2)13-18-23-17-7-5-4-6-15(17)8-10-19(23)27-25(24(18)21(29)14-26)16-9-11-20(28)22(12-16)30-3/h4-12,25,27-28H,13-14H2,1-3H3. The fourth-order valence-electron chi connectivity index (χ4n) is 5.09. The molecule has 4 heteroatoms. The van der Waals surface area contributed by atoms with Crippen molar-refractivity contribution < 1.29 is 20.0 Å². The molecule has 0 spiro atoms. The van der Waals surface area contributed by atoms with Crippen molar-refractivity contribution in [2.45, 2.75) is 32.7 Å². The first-order chi connectivity index (χ1) is 14.4. The van der Waals surface area contributed by atoms with Crippen LogP contribution in [-0.2, 0) is 4.79 Å². The lowest BCUT2D eigenvalue weighted by molar-refractivity contribution is -0.608. The van der Waals surface area contributed by atoms with Gasteiger partial charge in [0, 0.05) is 23.6 Å². The lowest BCUT2D eigenvalue weighted by Crippen LogP contribution is -2.81. The Morgan fingerprint density at radius 2 is 1.87 bits per heavy atom. The zero-order chi connectivity index (χ0) is 21.0. The van der Waals surface area contributed by atoms with Crippen molar-refractivity contribution >= 4 is 27.8 Å². The molecule has 0 fully saturated rings. The summed E-state index contributed by atoms with van der Waals surface area (Å²) in [6.07, 6.45) is 1.39. The monoisotopic (exact) mass is 399 g/mol. The van der Waals surface area contributed by atoms with Crippen LogP contribution >= 0.6 is 0 Å². The summed E-state index contributed by atoms with van der Waals surface area (Å²) < 4.78 is 5.27. The Morgan fingerprint density at radius 3 is 2.67 bits per heavy atom. The second kappa shape index (κ2) is 6.71. The van der Waals surface area contributed by atoms with Gasteiger partial charge in [-0.1, -0.05) is 56.0 Å². The second-order valence-electron chi connectivity index (χ2n) is 9.14. The van der Waals surface area contributed by atoms with E-state index in [-0.39, 0.29) is 23.0 Å². The van der Waals surface area contributed by atoms with E-state index in [1.807, 2.05) is 12.1 Å². The third kappa shape index (κ3) is 2.91. The molecule has 0 saturated carbocycles. The van der Waals surface area contributed by atoms with Crippen LogP contribution in [0.5, 0.6) is 11.5 Å². The summed E-state index contributed by atoms with van der Waals surface area (Å²) in [6.45, 7) is 4.34. The molecular weight excluding hydrogens is 374 g/mol. The van der Waals surface area contributed by atoms with Gasteiger partial charge in [-0.2, -0.15) is 0 Å². The van der Waals surface area contributed by atoms with Crippen LogP contribution < -0.4 is 15.2 Å². The van der Waals surface area contributed by atoms with Gasteiger partial charge in [0.15, 0.2) is 5.78 Å². The number of allylic oxidation sites excluding steroid dienone is 1. The van der Waals surface area contributed by atoms with Crippen LogP contribution in [0.2, 0.25) is 0 Å². The molecule has 152 valence electrons. The van der Waals surface area contributed by atoms with Crippen LogP contribution in [0.25, 0.3) is 16.3 Å². The summed E-state index contributed by atoms with van der Waals surface area (Å²) >= 11 is 0. The average Bonchev–Trinajstić information content (AvgIpc) is 2.72. The molecule has 5 rings (SSSR count). The van der Waals surface area contributed by atoms with E-state index in [2.05, 4.69) is 49.5 Å². The molecule has 3 aromatic carbocycles. The Balaban J connectivity index is 1.78. The number of methoxy groups -OCH3 is 1. The maximum atomic E-state index is 13.4. The van der Waals surface area contributed by atoms with Gasteiger partial charge in [0.25, 0.3) is 0 Å². The molecule has 1 heterocycles. The summed E-state index contributed by atoms with van der Waals surface area (Å²) in [4.78, 5) is 13.4. The van der Waals surface area contributed by atoms with Crippen LogP contribution in [0.15, 0.2) is 60.2 Å². The number of quaternary nitrogens is 1. The van der Waals surface area contributed by atoms with Crippen LogP contribution in [-0.4, -0.2) is 12.9 Å². The second-order valence-corrected chi connectivity index (χ2v) is 9.14. The number of ketones is 1. The minimum Gasteiger partial charge on any atom is -0.870 e. The number of ether oxygens (including phenoxy) is 1. The number of carbonyl (C=O) groups is 1. The Morgan fingerprint density at radius 1 is 1.07 bits per heavy atom. The summed E-state index contributed by atoms with van der Waals surface area (Å²) in [5, 5.41) is 16.6. The van der Waals surface area contributed by atoms with E-state index in [0.29, 0.717) is 12.2 Å². The molecule has 0 saturated heterocycles. The van der Waals surface area contributed by atoms with Crippen LogP contribution in [0.4, 0.5) is 5.69 Å². The largest absolute Gasteiger partial charge is 0.870 e. The van der Waals surface area contributed by atoms with E-state index in [9.17, 15) is 9.90 Å². The molecule has 1 aliphatic carbocycles. The SMILES string of the molecule is COc1cc(C2[NH2+]c3ccc4ccccc4c3C3=C2C(=O)CC(C)(C)C3)ccc1[O-]. The Labute approximate surface area is 176 Å². The Hall–Kier alpha value is -3.11. The molecule has 1 unspecified atom stereocenters. The van der Waals surface area contributed by atoms with Gasteiger partial charge in [-0.25, -0.2) is 0 Å². The number of hydrogen-bond donors (Lipinski definition) is 1. The first-order valence-corrected chi connectivity index (χ1v) is 10.4. The van der Waals surface area contributed by atoms with E-state index < -0.39 is 0 Å². The first-order valence-electron chi connectivity index (χ1n) is 10.4. The molecule has 2 aliphatic rings. The fraction of sp³-hybridized carbons (Fsp3) is 0.269. The molecule has 0 amide bonds. The summed E-state index contributed by atoms with van der Waals surface area (Å²) in [6, 6.07) is 17.6. The third-order valence-electron chi connectivity index (χ3n) is 6.39. The number of nitrogens with two attached hydrogens (primary N) is 1. The van der Waals surface area contributed by atoms with Crippen molar-refractivity contribution in [3.8, 4) is 11.5 Å². The minimum atomic E-state index is -0.174. The highest BCUT2D eigenvalue weighted by Crippen LogP contribution is 2.49. The zero-order valence-corrected chi connectivity index (χ0v) is 17.5. The summed E-state index contributed by atoms with van der Waals surface area (Å²) in [7, 11) is 1.51. The van der Waals surface area contributed by atoms with E-state index in [4.69, 9.17) is 4.74 Å². The zero-order valence-electron chi connectivity index (χ0n) is 17.5. The molecular formula is C26H25NO3. The number of fused-ring (bicyclic) bond motifs is 4. The van der Waals surface area contributed by atoms with Crippen molar-refractivity contribution in [3.63, 3.8) is 0 Å². The molecule has 0 bridgehead atoms. The molecule has 4 nitrogen and oxygen atoms in total. The topological polar surface area (TPSA) is 66.0 Å². The molecule has 30 heavy (non-hydrogen) atoms. The van der Waals surface area contributed by atoms with Gasteiger partial charge in [-0.3, -0.25) is 4.79 Å². The van der Waals surface area contributed by atoms with Gasteiger partial charge < -0.3 is 15.2 Å². The molecule has 0 aromatic heterocycles. The fourth-order valence-corrected chi connectivity index (χ4v) is 5.09. The van der Waals surface area contributed by atoms with Gasteiger partial charge in [-0.15, -0.1) is 0 Å². The number of benzene rings is 3. The lowest BCUT2D eigenvalue weighted by atomic mass is 9.68. The number of rotatable bonds is 2.